The van der Waals surface area contributed by atoms with Crippen LogP contribution in [0.15, 0.2) is 40.8 Å². The number of hydrogen-bond donors (Lipinski definition) is 0. The Morgan fingerprint density at radius 1 is 1.17 bits per heavy atom. The fourth-order valence-corrected chi connectivity index (χ4v) is 3.33. The molecule has 1 aliphatic rings. The molecule has 2 aromatic carbocycles. The van der Waals surface area contributed by atoms with Gasteiger partial charge in [-0.15, -0.1) is 0 Å². The third kappa shape index (κ3) is 3.01. The molecule has 1 fully saturated rings. The molecule has 0 spiro atoms. The van der Waals surface area contributed by atoms with E-state index >= 15 is 0 Å². The quantitative estimate of drug-likeness (QED) is 0.684. The molecule has 1 atom stereocenters. The van der Waals surface area contributed by atoms with Gasteiger partial charge in [-0.05, 0) is 48.9 Å². The minimum atomic E-state index is -0.816. The lowest BCUT2D eigenvalue weighted by Crippen LogP contribution is -2.20. The number of rotatable bonds is 3. The molecule has 0 bridgehead atoms. The van der Waals surface area contributed by atoms with E-state index in [4.69, 9.17) is 16.0 Å². The molecule has 0 N–H and O–H groups in total. The fourth-order valence-electron chi connectivity index (χ4n) is 3.17. The number of aromatic nitrogens is 1. The van der Waals surface area contributed by atoms with E-state index in [1.54, 1.807) is 18.2 Å². The van der Waals surface area contributed by atoms with E-state index in [2.05, 4.69) is 9.88 Å². The van der Waals surface area contributed by atoms with Gasteiger partial charge in [-0.1, -0.05) is 17.7 Å². The highest BCUT2D eigenvalue weighted by Crippen LogP contribution is 2.31. The maximum Gasteiger partial charge on any atom is 0.199 e. The standard InChI is InChI=1S/C18H15ClF2N2O/c19-13-2-4-17-16(8-13)22-18(24-17)12-5-6-23(10-12)9-11-1-3-14(20)15(21)7-11/h1-4,7-8,12H,5-6,9-10H2. The molecule has 6 heteroatoms. The maximum absolute atomic E-state index is 13.3. The Morgan fingerprint density at radius 3 is 2.88 bits per heavy atom. The van der Waals surface area contributed by atoms with Crippen molar-refractivity contribution in [2.75, 3.05) is 13.1 Å². The summed E-state index contributed by atoms with van der Waals surface area (Å²) < 4.78 is 32.2. The van der Waals surface area contributed by atoms with Crippen molar-refractivity contribution >= 4 is 22.7 Å². The Hall–Kier alpha value is -1.98. The Kier molecular flexibility index (Phi) is 3.98. The second-order valence-electron chi connectivity index (χ2n) is 6.13. The van der Waals surface area contributed by atoms with Gasteiger partial charge in [0.2, 0.25) is 0 Å². The van der Waals surface area contributed by atoms with E-state index in [0.717, 1.165) is 36.2 Å². The molecule has 3 nitrogen and oxygen atoms in total. The molecule has 124 valence electrons. The number of oxazole rings is 1. The van der Waals surface area contributed by atoms with Crippen LogP contribution in [0.1, 0.15) is 23.8 Å². The van der Waals surface area contributed by atoms with Crippen LogP contribution < -0.4 is 0 Å². The third-order valence-electron chi connectivity index (χ3n) is 4.38. The molecule has 3 aromatic rings. The smallest absolute Gasteiger partial charge is 0.199 e. The van der Waals surface area contributed by atoms with Crippen molar-refractivity contribution in [1.82, 2.24) is 9.88 Å². The van der Waals surface area contributed by atoms with Gasteiger partial charge in [-0.2, -0.15) is 0 Å². The summed E-state index contributed by atoms with van der Waals surface area (Å²) in [7, 11) is 0. The lowest BCUT2D eigenvalue weighted by molar-refractivity contribution is 0.320. The van der Waals surface area contributed by atoms with E-state index in [-0.39, 0.29) is 5.92 Å². The van der Waals surface area contributed by atoms with Crippen molar-refractivity contribution in [3.8, 4) is 0 Å². The maximum atomic E-state index is 13.3. The Balaban J connectivity index is 1.47. The molecule has 1 aliphatic heterocycles. The molecule has 0 radical (unpaired) electrons. The number of benzene rings is 2. The van der Waals surface area contributed by atoms with Crippen molar-refractivity contribution in [3.63, 3.8) is 0 Å². The van der Waals surface area contributed by atoms with Crippen LogP contribution in [0.4, 0.5) is 8.78 Å². The monoisotopic (exact) mass is 348 g/mol. The first-order chi connectivity index (χ1) is 11.6. The van der Waals surface area contributed by atoms with Crippen molar-refractivity contribution < 1.29 is 13.2 Å². The second-order valence-corrected chi connectivity index (χ2v) is 6.57. The number of hydrogen-bond acceptors (Lipinski definition) is 3. The molecular weight excluding hydrogens is 334 g/mol. The molecule has 0 saturated carbocycles. The molecule has 1 saturated heterocycles. The Bertz CT molecular complexity index is 896. The lowest BCUT2D eigenvalue weighted by atomic mass is 10.1. The van der Waals surface area contributed by atoms with Crippen LogP contribution >= 0.6 is 11.6 Å². The molecule has 0 aliphatic carbocycles. The van der Waals surface area contributed by atoms with Crippen LogP contribution in [0.2, 0.25) is 5.02 Å². The van der Waals surface area contributed by atoms with Crippen LogP contribution in [0.3, 0.4) is 0 Å². The topological polar surface area (TPSA) is 29.3 Å². The SMILES string of the molecule is Fc1ccc(CN2CCC(c3nc4cc(Cl)ccc4o3)C2)cc1F. The predicted molar refractivity (Wildman–Crippen MR) is 88.0 cm³/mol. The molecule has 4 rings (SSSR count). The van der Waals surface area contributed by atoms with Gasteiger partial charge in [0.05, 0.1) is 0 Å². The van der Waals surface area contributed by atoms with Gasteiger partial charge in [0.25, 0.3) is 0 Å². The highest BCUT2D eigenvalue weighted by atomic mass is 35.5. The third-order valence-corrected chi connectivity index (χ3v) is 4.61. The summed E-state index contributed by atoms with van der Waals surface area (Å²) in [4.78, 5) is 6.73. The van der Waals surface area contributed by atoms with E-state index in [0.29, 0.717) is 17.5 Å². The molecule has 0 amide bonds. The number of fused-ring (bicyclic) bond motifs is 1. The lowest BCUT2D eigenvalue weighted by Gasteiger charge is -2.15. The van der Waals surface area contributed by atoms with Crippen LogP contribution in [0.25, 0.3) is 11.1 Å². The van der Waals surface area contributed by atoms with Crippen LogP contribution in [0, 0.1) is 11.6 Å². The van der Waals surface area contributed by atoms with E-state index in [9.17, 15) is 8.78 Å². The van der Waals surface area contributed by atoms with E-state index < -0.39 is 11.6 Å². The normalized spacial score (nSPS) is 18.5. The van der Waals surface area contributed by atoms with Crippen LogP contribution in [0.5, 0.6) is 0 Å². The molecule has 24 heavy (non-hydrogen) atoms. The highest BCUT2D eigenvalue weighted by Gasteiger charge is 2.28. The number of halogens is 3. The zero-order chi connectivity index (χ0) is 16.7. The largest absolute Gasteiger partial charge is 0.440 e. The van der Waals surface area contributed by atoms with Gasteiger partial charge in [-0.3, -0.25) is 4.90 Å². The summed E-state index contributed by atoms with van der Waals surface area (Å²) in [6.07, 6.45) is 0.921. The van der Waals surface area contributed by atoms with Gasteiger partial charge >= 0.3 is 0 Å². The summed E-state index contributed by atoms with van der Waals surface area (Å²) in [5.74, 6) is -0.719. The summed E-state index contributed by atoms with van der Waals surface area (Å²) in [6.45, 7) is 2.22. The van der Waals surface area contributed by atoms with Crippen LogP contribution in [-0.2, 0) is 6.54 Å². The van der Waals surface area contributed by atoms with Gasteiger partial charge < -0.3 is 4.42 Å². The minimum absolute atomic E-state index is 0.196. The van der Waals surface area contributed by atoms with Crippen molar-refractivity contribution in [1.29, 1.82) is 0 Å². The van der Waals surface area contributed by atoms with Gasteiger partial charge in [0.15, 0.2) is 23.1 Å². The van der Waals surface area contributed by atoms with Crippen molar-refractivity contribution in [3.05, 3.63) is 64.5 Å². The van der Waals surface area contributed by atoms with E-state index in [1.807, 2.05) is 6.07 Å². The summed E-state index contributed by atoms with van der Waals surface area (Å²) >= 11 is 5.98. The number of nitrogens with zero attached hydrogens (tertiary/aromatic N) is 2. The molecule has 1 aromatic heterocycles. The van der Waals surface area contributed by atoms with Crippen molar-refractivity contribution in [2.45, 2.75) is 18.9 Å². The van der Waals surface area contributed by atoms with Gasteiger partial charge in [0.1, 0.15) is 5.52 Å². The molecule has 1 unspecified atom stereocenters. The zero-order valence-electron chi connectivity index (χ0n) is 12.8. The average Bonchev–Trinajstić information content (AvgIpc) is 3.17. The Labute approximate surface area is 142 Å². The number of likely N-dealkylation sites (tertiary alicyclic amines) is 1. The summed E-state index contributed by atoms with van der Waals surface area (Å²) in [5, 5.41) is 0.633. The summed E-state index contributed by atoms with van der Waals surface area (Å²) in [6, 6.07) is 9.43. The fraction of sp³-hybridized carbons (Fsp3) is 0.278. The van der Waals surface area contributed by atoms with Gasteiger partial charge in [-0.25, -0.2) is 13.8 Å². The average molecular weight is 349 g/mol. The summed E-state index contributed by atoms with van der Waals surface area (Å²) in [5.41, 5.74) is 2.25. The first-order valence-electron chi connectivity index (χ1n) is 7.81. The minimum Gasteiger partial charge on any atom is -0.440 e. The zero-order valence-corrected chi connectivity index (χ0v) is 13.6. The van der Waals surface area contributed by atoms with Crippen molar-refractivity contribution in [2.24, 2.45) is 0 Å². The predicted octanol–water partition coefficient (Wildman–Crippen LogP) is 4.75. The highest BCUT2D eigenvalue weighted by molar-refractivity contribution is 6.31. The van der Waals surface area contributed by atoms with Crippen LogP contribution in [-0.4, -0.2) is 23.0 Å². The first-order valence-corrected chi connectivity index (χ1v) is 8.18. The second kappa shape index (κ2) is 6.15. The first kappa shape index (κ1) is 15.5. The van der Waals surface area contributed by atoms with E-state index in [1.165, 1.54) is 12.1 Å². The van der Waals surface area contributed by atoms with Gasteiger partial charge in [0, 0.05) is 24.0 Å². The Morgan fingerprint density at radius 2 is 2.04 bits per heavy atom. The molecular formula is C18H15ClF2N2O. The molecule has 2 heterocycles.